The molecule has 0 amide bonds. The van der Waals surface area contributed by atoms with Crippen molar-refractivity contribution in [1.82, 2.24) is 0 Å². The van der Waals surface area contributed by atoms with Crippen molar-refractivity contribution < 1.29 is 0 Å². The number of nitrogens with one attached hydrogen (secondary N) is 1. The van der Waals surface area contributed by atoms with Crippen LogP contribution in [0.25, 0.3) is 6.08 Å². The van der Waals surface area contributed by atoms with E-state index in [2.05, 4.69) is 0 Å². The average Bonchev–Trinajstić information content (AvgIpc) is 2.05. The number of benzene rings is 1. The molecule has 3 N–H and O–H groups in total. The molecule has 1 rings (SSSR count). The van der Waals surface area contributed by atoms with Gasteiger partial charge in [0.05, 0.1) is 5.84 Å². The van der Waals surface area contributed by atoms with Crippen LogP contribution in [-0.2, 0) is 0 Å². The minimum absolute atomic E-state index is 0.196. The summed E-state index contributed by atoms with van der Waals surface area (Å²) in [5, 5.41) is 6.99. The van der Waals surface area contributed by atoms with Crippen molar-refractivity contribution in [3.63, 3.8) is 0 Å². The van der Waals surface area contributed by atoms with E-state index in [4.69, 9.17) is 11.1 Å². The fourth-order valence-corrected chi connectivity index (χ4v) is 0.886. The number of rotatable bonds is 3. The molecule has 0 aliphatic heterocycles. The van der Waals surface area contributed by atoms with E-state index in [1.54, 1.807) is 0 Å². The molecule has 62 valence electrons. The van der Waals surface area contributed by atoms with E-state index in [1.807, 2.05) is 42.5 Å². The lowest BCUT2D eigenvalue weighted by atomic mass is 10.2. The third-order valence-electron chi connectivity index (χ3n) is 1.45. The molecule has 1 aromatic rings. The molecule has 2 heteroatoms. The van der Waals surface area contributed by atoms with Gasteiger partial charge < -0.3 is 5.73 Å². The number of hydrogen-bond acceptors (Lipinski definition) is 1. The van der Waals surface area contributed by atoms with E-state index in [0.29, 0.717) is 6.42 Å². The molecule has 0 saturated carbocycles. The number of nitrogens with two attached hydrogens (primary N) is 1. The summed E-state index contributed by atoms with van der Waals surface area (Å²) < 4.78 is 0. The second kappa shape index (κ2) is 4.34. The highest BCUT2D eigenvalue weighted by atomic mass is 14.7. The van der Waals surface area contributed by atoms with Crippen LogP contribution in [0.5, 0.6) is 0 Å². The molecule has 0 saturated heterocycles. The van der Waals surface area contributed by atoms with Gasteiger partial charge in [0, 0.05) is 6.42 Å². The Balaban J connectivity index is 2.52. The number of hydrogen-bond donors (Lipinski definition) is 2. The first-order chi connectivity index (χ1) is 5.79. The molecule has 12 heavy (non-hydrogen) atoms. The van der Waals surface area contributed by atoms with Gasteiger partial charge in [0.15, 0.2) is 0 Å². The molecule has 0 spiro atoms. The van der Waals surface area contributed by atoms with E-state index in [-0.39, 0.29) is 5.84 Å². The van der Waals surface area contributed by atoms with Crippen molar-refractivity contribution in [1.29, 1.82) is 5.41 Å². The van der Waals surface area contributed by atoms with E-state index in [9.17, 15) is 0 Å². The molecule has 0 bridgehead atoms. The first-order valence-electron chi connectivity index (χ1n) is 3.83. The molecule has 0 unspecified atom stereocenters. The van der Waals surface area contributed by atoms with Crippen LogP contribution in [-0.4, -0.2) is 5.84 Å². The lowest BCUT2D eigenvalue weighted by Gasteiger charge is -1.91. The summed E-state index contributed by atoms with van der Waals surface area (Å²) in [4.78, 5) is 0. The Hall–Kier alpha value is -1.57. The Morgan fingerprint density at radius 2 is 2.00 bits per heavy atom. The van der Waals surface area contributed by atoms with E-state index >= 15 is 0 Å². The van der Waals surface area contributed by atoms with Crippen molar-refractivity contribution in [2.24, 2.45) is 5.73 Å². The average molecular weight is 160 g/mol. The molecule has 0 aliphatic rings. The minimum atomic E-state index is 0.196. The molecule has 0 radical (unpaired) electrons. The highest BCUT2D eigenvalue weighted by molar-refractivity contribution is 5.79. The van der Waals surface area contributed by atoms with Crippen LogP contribution in [0, 0.1) is 5.41 Å². The maximum absolute atomic E-state index is 6.99. The van der Waals surface area contributed by atoms with E-state index in [1.165, 1.54) is 0 Å². The maximum Gasteiger partial charge on any atom is 0.0943 e. The van der Waals surface area contributed by atoms with Gasteiger partial charge in [0.2, 0.25) is 0 Å². The molecule has 0 atom stereocenters. The normalized spacial score (nSPS) is 10.3. The van der Waals surface area contributed by atoms with Gasteiger partial charge in [-0.3, -0.25) is 5.41 Å². The minimum Gasteiger partial charge on any atom is -0.387 e. The molecule has 2 nitrogen and oxygen atoms in total. The fourth-order valence-electron chi connectivity index (χ4n) is 0.886. The van der Waals surface area contributed by atoms with Crippen LogP contribution in [0.2, 0.25) is 0 Å². The van der Waals surface area contributed by atoms with Crippen LogP contribution in [0.15, 0.2) is 36.4 Å². The monoisotopic (exact) mass is 160 g/mol. The van der Waals surface area contributed by atoms with Gasteiger partial charge in [-0.05, 0) is 5.56 Å². The van der Waals surface area contributed by atoms with E-state index in [0.717, 1.165) is 5.56 Å². The van der Waals surface area contributed by atoms with E-state index < -0.39 is 0 Å². The topological polar surface area (TPSA) is 49.9 Å². The second-order valence-electron chi connectivity index (χ2n) is 2.54. The molecule has 0 aliphatic carbocycles. The zero-order valence-electron chi connectivity index (χ0n) is 6.83. The Labute approximate surface area is 72.2 Å². The summed E-state index contributed by atoms with van der Waals surface area (Å²) in [5.41, 5.74) is 6.33. The summed E-state index contributed by atoms with van der Waals surface area (Å²) in [7, 11) is 0. The van der Waals surface area contributed by atoms with Gasteiger partial charge >= 0.3 is 0 Å². The highest BCUT2D eigenvalue weighted by Crippen LogP contribution is 2.01. The van der Waals surface area contributed by atoms with Gasteiger partial charge in [-0.1, -0.05) is 42.5 Å². The largest absolute Gasteiger partial charge is 0.387 e. The van der Waals surface area contributed by atoms with Crippen LogP contribution >= 0.6 is 0 Å². The van der Waals surface area contributed by atoms with Gasteiger partial charge in [-0.2, -0.15) is 0 Å². The standard InChI is InChI=1S/C10H12N2/c11-10(12)8-4-7-9-5-2-1-3-6-9/h1-7H,8H2,(H3,11,12)/b7-4+. The van der Waals surface area contributed by atoms with Gasteiger partial charge in [0.1, 0.15) is 0 Å². The van der Waals surface area contributed by atoms with Crippen LogP contribution in [0.1, 0.15) is 12.0 Å². The second-order valence-corrected chi connectivity index (χ2v) is 2.54. The highest BCUT2D eigenvalue weighted by Gasteiger charge is 1.83. The molecular formula is C10H12N2. The summed E-state index contributed by atoms with van der Waals surface area (Å²) in [6, 6.07) is 9.95. The van der Waals surface area contributed by atoms with Crippen LogP contribution < -0.4 is 5.73 Å². The quantitative estimate of drug-likeness (QED) is 0.516. The molecular weight excluding hydrogens is 148 g/mol. The summed E-state index contributed by atoms with van der Waals surface area (Å²) in [6.45, 7) is 0. The maximum atomic E-state index is 6.99. The Morgan fingerprint density at radius 3 is 2.58 bits per heavy atom. The zero-order valence-corrected chi connectivity index (χ0v) is 6.83. The first-order valence-corrected chi connectivity index (χ1v) is 3.83. The Morgan fingerprint density at radius 1 is 1.33 bits per heavy atom. The Bertz CT molecular complexity index is 275. The van der Waals surface area contributed by atoms with Crippen molar-refractivity contribution >= 4 is 11.9 Å². The van der Waals surface area contributed by atoms with Crippen molar-refractivity contribution in [3.05, 3.63) is 42.0 Å². The van der Waals surface area contributed by atoms with Crippen LogP contribution in [0.4, 0.5) is 0 Å². The molecule has 0 fully saturated rings. The first kappa shape index (κ1) is 8.53. The predicted octanol–water partition coefficient (Wildman–Crippen LogP) is 2.03. The molecule has 0 heterocycles. The smallest absolute Gasteiger partial charge is 0.0943 e. The third kappa shape index (κ3) is 3.01. The van der Waals surface area contributed by atoms with Crippen molar-refractivity contribution in [2.45, 2.75) is 6.42 Å². The van der Waals surface area contributed by atoms with Crippen molar-refractivity contribution in [2.75, 3.05) is 0 Å². The summed E-state index contributed by atoms with van der Waals surface area (Å²) in [5.74, 6) is 0.196. The third-order valence-corrected chi connectivity index (χ3v) is 1.45. The van der Waals surface area contributed by atoms with Gasteiger partial charge in [0.25, 0.3) is 0 Å². The SMILES string of the molecule is N=C(N)C/C=C/c1ccccc1. The van der Waals surface area contributed by atoms with Gasteiger partial charge in [-0.25, -0.2) is 0 Å². The lowest BCUT2D eigenvalue weighted by molar-refractivity contribution is 1.32. The summed E-state index contributed by atoms with van der Waals surface area (Å²) in [6.07, 6.45) is 4.37. The number of amidine groups is 1. The fraction of sp³-hybridized carbons (Fsp3) is 0.100. The van der Waals surface area contributed by atoms with Crippen LogP contribution in [0.3, 0.4) is 0 Å². The predicted molar refractivity (Wildman–Crippen MR) is 52.0 cm³/mol. The lowest BCUT2D eigenvalue weighted by Crippen LogP contribution is -2.06. The van der Waals surface area contributed by atoms with Gasteiger partial charge in [-0.15, -0.1) is 0 Å². The molecule has 0 aromatic heterocycles. The van der Waals surface area contributed by atoms with Crippen molar-refractivity contribution in [3.8, 4) is 0 Å². The Kier molecular flexibility index (Phi) is 3.08. The summed E-state index contributed by atoms with van der Waals surface area (Å²) >= 11 is 0. The zero-order chi connectivity index (χ0) is 8.81. The molecule has 1 aromatic carbocycles.